The first-order chi connectivity index (χ1) is 7.11. The summed E-state index contributed by atoms with van der Waals surface area (Å²) < 4.78 is 1.63. The molecule has 0 atom stereocenters. The van der Waals surface area contributed by atoms with Crippen LogP contribution < -0.4 is 5.73 Å². The Kier molecular flexibility index (Phi) is 2.48. The van der Waals surface area contributed by atoms with E-state index >= 15 is 0 Å². The first kappa shape index (κ1) is 10.2. The highest BCUT2D eigenvalue weighted by Gasteiger charge is 2.31. The number of hydrogen-bond acceptors (Lipinski definition) is 3. The van der Waals surface area contributed by atoms with Crippen LogP contribution in [0, 0.1) is 12.8 Å². The molecule has 5 heteroatoms. The summed E-state index contributed by atoms with van der Waals surface area (Å²) in [6, 6.07) is 1.82. The zero-order chi connectivity index (χ0) is 11.0. The van der Waals surface area contributed by atoms with Crippen LogP contribution in [0.5, 0.6) is 0 Å². The SMILES string of the molecule is Cc1cc(C(=O)N2CC(CN)C2)n(C)n1. The fourth-order valence-corrected chi connectivity index (χ4v) is 1.86. The summed E-state index contributed by atoms with van der Waals surface area (Å²) in [5.74, 6) is 0.533. The molecule has 0 aliphatic carbocycles. The van der Waals surface area contributed by atoms with Crippen molar-refractivity contribution in [2.24, 2.45) is 18.7 Å². The zero-order valence-corrected chi connectivity index (χ0v) is 9.10. The smallest absolute Gasteiger partial charge is 0.272 e. The van der Waals surface area contributed by atoms with E-state index in [9.17, 15) is 4.79 Å². The van der Waals surface area contributed by atoms with E-state index in [0.717, 1.165) is 18.8 Å². The average Bonchev–Trinajstić information content (AvgIpc) is 2.43. The van der Waals surface area contributed by atoms with Crippen LogP contribution in [0.2, 0.25) is 0 Å². The molecule has 15 heavy (non-hydrogen) atoms. The molecule has 2 rings (SSSR count). The lowest BCUT2D eigenvalue weighted by Crippen LogP contribution is -2.52. The minimum absolute atomic E-state index is 0.0581. The van der Waals surface area contributed by atoms with Gasteiger partial charge < -0.3 is 10.6 Å². The van der Waals surface area contributed by atoms with Gasteiger partial charge in [-0.3, -0.25) is 9.48 Å². The molecule has 0 unspecified atom stereocenters. The van der Waals surface area contributed by atoms with Crippen molar-refractivity contribution in [3.05, 3.63) is 17.5 Å². The fourth-order valence-electron chi connectivity index (χ4n) is 1.86. The maximum absolute atomic E-state index is 11.9. The lowest BCUT2D eigenvalue weighted by Gasteiger charge is -2.38. The van der Waals surface area contributed by atoms with E-state index in [1.165, 1.54) is 0 Å². The third-order valence-electron chi connectivity index (χ3n) is 2.80. The molecule has 5 nitrogen and oxygen atoms in total. The molecule has 0 bridgehead atoms. The number of hydrogen-bond donors (Lipinski definition) is 1. The van der Waals surface area contributed by atoms with Crippen molar-refractivity contribution < 1.29 is 4.79 Å². The Labute approximate surface area is 88.8 Å². The van der Waals surface area contributed by atoms with Crippen LogP contribution in [0.1, 0.15) is 16.2 Å². The molecule has 1 aliphatic rings. The average molecular weight is 208 g/mol. The van der Waals surface area contributed by atoms with Crippen molar-refractivity contribution in [2.45, 2.75) is 6.92 Å². The molecule has 82 valence electrons. The van der Waals surface area contributed by atoms with Crippen molar-refractivity contribution in [3.8, 4) is 0 Å². The second-order valence-electron chi connectivity index (χ2n) is 4.11. The van der Waals surface area contributed by atoms with Crippen molar-refractivity contribution in [1.82, 2.24) is 14.7 Å². The van der Waals surface area contributed by atoms with Crippen molar-refractivity contribution in [1.29, 1.82) is 0 Å². The van der Waals surface area contributed by atoms with Gasteiger partial charge in [-0.1, -0.05) is 0 Å². The van der Waals surface area contributed by atoms with Gasteiger partial charge in [0.05, 0.1) is 5.69 Å². The topological polar surface area (TPSA) is 64.2 Å². The molecule has 2 heterocycles. The Bertz CT molecular complexity index is 379. The van der Waals surface area contributed by atoms with Gasteiger partial charge in [0.25, 0.3) is 5.91 Å². The summed E-state index contributed by atoms with van der Waals surface area (Å²) in [4.78, 5) is 13.8. The zero-order valence-electron chi connectivity index (χ0n) is 9.10. The number of likely N-dealkylation sites (tertiary alicyclic amines) is 1. The summed E-state index contributed by atoms with van der Waals surface area (Å²) in [7, 11) is 1.79. The fraction of sp³-hybridized carbons (Fsp3) is 0.600. The van der Waals surface area contributed by atoms with Crippen LogP contribution in [0.4, 0.5) is 0 Å². The molecule has 0 saturated carbocycles. The van der Waals surface area contributed by atoms with Gasteiger partial charge in [0.15, 0.2) is 0 Å². The standard InChI is InChI=1S/C10H16N4O/c1-7-3-9(13(2)12-7)10(15)14-5-8(4-11)6-14/h3,8H,4-6,11H2,1-2H3. The number of carbonyl (C=O) groups excluding carboxylic acids is 1. The van der Waals surface area contributed by atoms with Crippen LogP contribution in [0.3, 0.4) is 0 Å². The summed E-state index contributed by atoms with van der Waals surface area (Å²) in [5.41, 5.74) is 7.04. The monoisotopic (exact) mass is 208 g/mol. The summed E-state index contributed by atoms with van der Waals surface area (Å²) in [6.07, 6.45) is 0. The summed E-state index contributed by atoms with van der Waals surface area (Å²) >= 11 is 0. The Balaban J connectivity index is 2.06. The molecule has 2 N–H and O–H groups in total. The van der Waals surface area contributed by atoms with Gasteiger partial charge in [0.2, 0.25) is 0 Å². The summed E-state index contributed by atoms with van der Waals surface area (Å²) in [6.45, 7) is 4.10. The minimum Gasteiger partial charge on any atom is -0.337 e. The number of amides is 1. The van der Waals surface area contributed by atoms with Crippen molar-refractivity contribution in [2.75, 3.05) is 19.6 Å². The minimum atomic E-state index is 0.0581. The van der Waals surface area contributed by atoms with E-state index in [4.69, 9.17) is 5.73 Å². The number of aromatic nitrogens is 2. The Morgan fingerprint density at radius 3 is 2.80 bits per heavy atom. The molecule has 0 radical (unpaired) electrons. The molecule has 1 aliphatic heterocycles. The Morgan fingerprint density at radius 1 is 1.67 bits per heavy atom. The second-order valence-corrected chi connectivity index (χ2v) is 4.11. The normalized spacial score (nSPS) is 16.6. The van der Waals surface area contributed by atoms with Gasteiger partial charge >= 0.3 is 0 Å². The maximum Gasteiger partial charge on any atom is 0.272 e. The van der Waals surface area contributed by atoms with Gasteiger partial charge in [-0.2, -0.15) is 5.10 Å². The number of rotatable bonds is 2. The largest absolute Gasteiger partial charge is 0.337 e. The summed E-state index contributed by atoms with van der Waals surface area (Å²) in [5, 5.41) is 4.16. The molecule has 1 aromatic heterocycles. The van der Waals surface area contributed by atoms with Gasteiger partial charge in [-0.25, -0.2) is 0 Å². The Hall–Kier alpha value is -1.36. The highest BCUT2D eigenvalue weighted by molar-refractivity contribution is 5.93. The molecule has 1 fully saturated rings. The van der Waals surface area contributed by atoms with E-state index in [0.29, 0.717) is 18.2 Å². The Morgan fingerprint density at radius 2 is 2.33 bits per heavy atom. The highest BCUT2D eigenvalue weighted by Crippen LogP contribution is 2.17. The number of carbonyl (C=O) groups is 1. The number of nitrogens with two attached hydrogens (primary N) is 1. The first-order valence-electron chi connectivity index (χ1n) is 5.11. The molecular weight excluding hydrogens is 192 g/mol. The third kappa shape index (κ3) is 1.74. The molecule has 0 spiro atoms. The van der Waals surface area contributed by atoms with E-state index in [2.05, 4.69) is 5.10 Å². The van der Waals surface area contributed by atoms with Gasteiger partial charge in [0.1, 0.15) is 5.69 Å². The van der Waals surface area contributed by atoms with Gasteiger partial charge in [-0.05, 0) is 19.5 Å². The van der Waals surface area contributed by atoms with Crippen molar-refractivity contribution in [3.63, 3.8) is 0 Å². The number of nitrogens with zero attached hydrogens (tertiary/aromatic N) is 3. The third-order valence-corrected chi connectivity index (χ3v) is 2.80. The van der Waals surface area contributed by atoms with Crippen LogP contribution in [-0.4, -0.2) is 40.2 Å². The van der Waals surface area contributed by atoms with Gasteiger partial charge in [0, 0.05) is 26.1 Å². The highest BCUT2D eigenvalue weighted by atomic mass is 16.2. The van der Waals surface area contributed by atoms with Crippen molar-refractivity contribution >= 4 is 5.91 Å². The molecule has 1 aromatic rings. The van der Waals surface area contributed by atoms with E-state index in [-0.39, 0.29) is 5.91 Å². The van der Waals surface area contributed by atoms with Crippen LogP contribution in [0.25, 0.3) is 0 Å². The molecule has 1 amide bonds. The number of aryl methyl sites for hydroxylation is 2. The molecule has 1 saturated heterocycles. The molecule has 0 aromatic carbocycles. The second kappa shape index (κ2) is 3.66. The lowest BCUT2D eigenvalue weighted by molar-refractivity contribution is 0.0504. The van der Waals surface area contributed by atoms with Crippen LogP contribution >= 0.6 is 0 Å². The quantitative estimate of drug-likeness (QED) is 0.729. The van der Waals surface area contributed by atoms with Crippen LogP contribution in [-0.2, 0) is 7.05 Å². The predicted molar refractivity (Wildman–Crippen MR) is 56.4 cm³/mol. The van der Waals surface area contributed by atoms with E-state index < -0.39 is 0 Å². The predicted octanol–water partition coefficient (Wildman–Crippen LogP) is -0.241. The van der Waals surface area contributed by atoms with E-state index in [1.807, 2.05) is 17.9 Å². The molecular formula is C10H16N4O. The lowest BCUT2D eigenvalue weighted by atomic mass is 10.0. The van der Waals surface area contributed by atoms with E-state index in [1.54, 1.807) is 11.7 Å². The van der Waals surface area contributed by atoms with Gasteiger partial charge in [-0.15, -0.1) is 0 Å². The first-order valence-corrected chi connectivity index (χ1v) is 5.11. The van der Waals surface area contributed by atoms with Crippen LogP contribution in [0.15, 0.2) is 6.07 Å². The maximum atomic E-state index is 11.9.